The van der Waals surface area contributed by atoms with E-state index in [0.29, 0.717) is 19.7 Å². The zero-order chi connectivity index (χ0) is 17.7. The van der Waals surface area contributed by atoms with Gasteiger partial charge in [0, 0.05) is 45.8 Å². The first-order chi connectivity index (χ1) is 11.4. The van der Waals surface area contributed by atoms with Crippen LogP contribution in [0.4, 0.5) is 5.69 Å². The van der Waals surface area contributed by atoms with E-state index in [1.165, 1.54) is 4.68 Å². The van der Waals surface area contributed by atoms with E-state index in [9.17, 15) is 9.59 Å². The van der Waals surface area contributed by atoms with E-state index >= 15 is 0 Å². The van der Waals surface area contributed by atoms with Crippen LogP contribution in [0.15, 0.2) is 17.1 Å². The summed E-state index contributed by atoms with van der Waals surface area (Å²) < 4.78 is 6.57. The number of carbonyl (C=O) groups is 1. The molecular formula is C17H28N4O3. The highest BCUT2D eigenvalue weighted by Gasteiger charge is 2.27. The highest BCUT2D eigenvalue weighted by atomic mass is 16.5. The predicted molar refractivity (Wildman–Crippen MR) is 93.3 cm³/mol. The van der Waals surface area contributed by atoms with Crippen LogP contribution >= 0.6 is 0 Å². The molecule has 1 aliphatic rings. The number of nitrogens with zero attached hydrogens (tertiary/aromatic N) is 4. The summed E-state index contributed by atoms with van der Waals surface area (Å²) in [6.45, 7) is 6.42. The number of hydrogen-bond donors (Lipinski definition) is 0. The summed E-state index contributed by atoms with van der Waals surface area (Å²) in [4.78, 5) is 28.5. The van der Waals surface area contributed by atoms with E-state index < -0.39 is 0 Å². The largest absolute Gasteiger partial charge is 0.383 e. The minimum atomic E-state index is -0.124. The topological polar surface area (TPSA) is 67.7 Å². The first-order valence-corrected chi connectivity index (χ1v) is 8.51. The maximum absolute atomic E-state index is 12.5. The average Bonchev–Trinajstić information content (AvgIpc) is 2.58. The summed E-state index contributed by atoms with van der Waals surface area (Å²) in [5.74, 6) is 0.119. The fourth-order valence-electron chi connectivity index (χ4n) is 2.97. The van der Waals surface area contributed by atoms with Gasteiger partial charge < -0.3 is 14.5 Å². The number of carbonyl (C=O) groups excluding carboxylic acids is 1. The number of rotatable bonds is 6. The lowest BCUT2D eigenvalue weighted by Gasteiger charge is -2.34. The molecule has 1 aliphatic heterocycles. The Morgan fingerprint density at radius 3 is 2.88 bits per heavy atom. The second kappa shape index (κ2) is 8.28. The van der Waals surface area contributed by atoms with Gasteiger partial charge in [-0.1, -0.05) is 13.8 Å². The molecule has 0 N–H and O–H groups in total. The standard InChI is InChI=1S/C17H28N4O3/c1-13(2)17(23)20-7-5-6-14(12-20)21-16(22)10-15(11-18-21)19(3)8-9-24-4/h10-11,13-14H,5-9,12H2,1-4H3. The van der Waals surface area contributed by atoms with Crippen molar-refractivity contribution in [3.8, 4) is 0 Å². The summed E-state index contributed by atoms with van der Waals surface area (Å²) in [5, 5.41) is 4.35. The zero-order valence-corrected chi connectivity index (χ0v) is 15.1. The van der Waals surface area contributed by atoms with E-state index in [-0.39, 0.29) is 23.4 Å². The molecule has 1 amide bonds. The van der Waals surface area contributed by atoms with Crippen molar-refractivity contribution >= 4 is 11.6 Å². The highest BCUT2D eigenvalue weighted by Crippen LogP contribution is 2.21. The molecule has 24 heavy (non-hydrogen) atoms. The fourth-order valence-corrected chi connectivity index (χ4v) is 2.97. The van der Waals surface area contributed by atoms with Gasteiger partial charge in [-0.05, 0) is 12.8 Å². The van der Waals surface area contributed by atoms with E-state index in [0.717, 1.165) is 25.1 Å². The van der Waals surface area contributed by atoms with Crippen LogP contribution in [0.2, 0.25) is 0 Å². The lowest BCUT2D eigenvalue weighted by molar-refractivity contribution is -0.136. The van der Waals surface area contributed by atoms with Crippen LogP contribution in [0.5, 0.6) is 0 Å². The van der Waals surface area contributed by atoms with E-state index in [2.05, 4.69) is 5.10 Å². The third-order valence-corrected chi connectivity index (χ3v) is 4.43. The third-order valence-electron chi connectivity index (χ3n) is 4.43. The van der Waals surface area contributed by atoms with Gasteiger partial charge in [0.2, 0.25) is 5.91 Å². The third kappa shape index (κ3) is 4.35. The van der Waals surface area contributed by atoms with E-state index in [4.69, 9.17) is 4.74 Å². The molecule has 1 fully saturated rings. The number of anilines is 1. The number of ether oxygens (including phenoxy) is 1. The summed E-state index contributed by atoms with van der Waals surface area (Å²) in [6.07, 6.45) is 3.47. The molecule has 2 heterocycles. The minimum absolute atomic E-state index is 0.0229. The molecule has 2 rings (SSSR count). The quantitative estimate of drug-likeness (QED) is 0.779. The molecule has 1 saturated heterocycles. The molecule has 0 spiro atoms. The second-order valence-electron chi connectivity index (χ2n) is 6.65. The van der Waals surface area contributed by atoms with Crippen LogP contribution in [0.3, 0.4) is 0 Å². The Bertz CT molecular complexity index is 614. The number of amides is 1. The first kappa shape index (κ1) is 18.4. The number of aromatic nitrogens is 2. The minimum Gasteiger partial charge on any atom is -0.383 e. The summed E-state index contributed by atoms with van der Waals surface area (Å²) >= 11 is 0. The van der Waals surface area contributed by atoms with Crippen LogP contribution in [-0.4, -0.2) is 61.0 Å². The maximum atomic E-state index is 12.5. The average molecular weight is 336 g/mol. The Balaban J connectivity index is 2.11. The number of hydrogen-bond acceptors (Lipinski definition) is 5. The molecule has 1 aromatic heterocycles. The van der Waals surface area contributed by atoms with Gasteiger partial charge in [-0.3, -0.25) is 9.59 Å². The van der Waals surface area contributed by atoms with Gasteiger partial charge in [0.05, 0.1) is 24.5 Å². The van der Waals surface area contributed by atoms with Gasteiger partial charge in [-0.25, -0.2) is 4.68 Å². The second-order valence-corrected chi connectivity index (χ2v) is 6.65. The molecule has 1 unspecified atom stereocenters. The van der Waals surface area contributed by atoms with Crippen molar-refractivity contribution in [3.05, 3.63) is 22.6 Å². The normalized spacial score (nSPS) is 18.0. The van der Waals surface area contributed by atoms with Crippen molar-refractivity contribution in [1.82, 2.24) is 14.7 Å². The first-order valence-electron chi connectivity index (χ1n) is 8.51. The predicted octanol–water partition coefficient (Wildman–Crippen LogP) is 1.15. The van der Waals surface area contributed by atoms with Gasteiger partial charge >= 0.3 is 0 Å². The van der Waals surface area contributed by atoms with Crippen LogP contribution < -0.4 is 10.5 Å². The molecule has 0 radical (unpaired) electrons. The molecule has 0 bridgehead atoms. The molecular weight excluding hydrogens is 308 g/mol. The number of likely N-dealkylation sites (tertiary alicyclic amines) is 1. The molecule has 0 saturated carbocycles. The van der Waals surface area contributed by atoms with Crippen LogP contribution in [0.25, 0.3) is 0 Å². The fraction of sp³-hybridized carbons (Fsp3) is 0.706. The number of piperidine rings is 1. The van der Waals surface area contributed by atoms with Crippen molar-refractivity contribution < 1.29 is 9.53 Å². The van der Waals surface area contributed by atoms with Gasteiger partial charge in [-0.15, -0.1) is 0 Å². The van der Waals surface area contributed by atoms with E-state index in [1.807, 2.05) is 30.7 Å². The smallest absolute Gasteiger partial charge is 0.269 e. The number of likely N-dealkylation sites (N-methyl/N-ethyl adjacent to an activating group) is 1. The molecule has 0 aliphatic carbocycles. The van der Waals surface area contributed by atoms with Crippen LogP contribution in [0, 0.1) is 5.92 Å². The monoisotopic (exact) mass is 336 g/mol. The zero-order valence-electron chi connectivity index (χ0n) is 15.1. The summed E-state index contributed by atoms with van der Waals surface area (Å²) in [6, 6.07) is 1.55. The van der Waals surface area contributed by atoms with Crippen LogP contribution in [0.1, 0.15) is 32.7 Å². The molecule has 1 aromatic rings. The van der Waals surface area contributed by atoms with E-state index in [1.54, 1.807) is 19.4 Å². The number of methoxy groups -OCH3 is 1. The van der Waals surface area contributed by atoms with Gasteiger partial charge in [-0.2, -0.15) is 5.10 Å². The van der Waals surface area contributed by atoms with Crippen molar-refractivity contribution in [2.45, 2.75) is 32.7 Å². The molecule has 1 atom stereocenters. The molecule has 7 nitrogen and oxygen atoms in total. The lowest BCUT2D eigenvalue weighted by atomic mass is 10.0. The highest BCUT2D eigenvalue weighted by molar-refractivity contribution is 5.78. The van der Waals surface area contributed by atoms with Gasteiger partial charge in [0.1, 0.15) is 0 Å². The van der Waals surface area contributed by atoms with Crippen molar-refractivity contribution in [1.29, 1.82) is 0 Å². The Morgan fingerprint density at radius 1 is 1.50 bits per heavy atom. The lowest BCUT2D eigenvalue weighted by Crippen LogP contribution is -2.45. The molecule has 7 heteroatoms. The Kier molecular flexibility index (Phi) is 6.36. The SMILES string of the molecule is COCCN(C)c1cnn(C2CCCN(C(=O)C(C)C)C2)c(=O)c1. The van der Waals surface area contributed by atoms with Gasteiger partial charge in [0.25, 0.3) is 5.56 Å². The van der Waals surface area contributed by atoms with Crippen molar-refractivity contribution in [3.63, 3.8) is 0 Å². The summed E-state index contributed by atoms with van der Waals surface area (Å²) in [7, 11) is 3.56. The van der Waals surface area contributed by atoms with Crippen molar-refractivity contribution in [2.75, 3.05) is 45.3 Å². The van der Waals surface area contributed by atoms with Crippen LogP contribution in [-0.2, 0) is 9.53 Å². The molecule has 0 aromatic carbocycles. The molecule has 134 valence electrons. The Labute approximate surface area is 143 Å². The van der Waals surface area contributed by atoms with Crippen molar-refractivity contribution in [2.24, 2.45) is 5.92 Å². The van der Waals surface area contributed by atoms with Gasteiger partial charge in [0.15, 0.2) is 0 Å². The summed E-state index contributed by atoms with van der Waals surface area (Å²) in [5.41, 5.74) is 0.653. The maximum Gasteiger partial charge on any atom is 0.269 e. The Morgan fingerprint density at radius 2 is 2.25 bits per heavy atom. The Hall–Kier alpha value is -1.89.